The van der Waals surface area contributed by atoms with Gasteiger partial charge in [0, 0.05) is 13.6 Å². The van der Waals surface area contributed by atoms with Gasteiger partial charge in [-0.15, -0.1) is 0 Å². The molecule has 0 aliphatic rings. The molecule has 0 aliphatic carbocycles. The van der Waals surface area contributed by atoms with Crippen molar-refractivity contribution in [1.82, 2.24) is 9.97 Å². The van der Waals surface area contributed by atoms with Crippen LogP contribution >= 0.6 is 15.9 Å². The molecule has 0 amide bonds. The van der Waals surface area contributed by atoms with Gasteiger partial charge in [-0.1, -0.05) is 0 Å². The summed E-state index contributed by atoms with van der Waals surface area (Å²) in [6.45, 7) is 2.46. The van der Waals surface area contributed by atoms with Gasteiger partial charge in [0.25, 0.3) is 0 Å². The van der Waals surface area contributed by atoms with Crippen molar-refractivity contribution < 1.29 is 0 Å². The second-order valence-corrected chi connectivity index (χ2v) is 4.10. The average molecular weight is 270 g/mol. The standard InChI is InChI=1S/C9H12BrN5/c1-6(3-11)4-15(2)9-7(10)8(12)13-5-14-9/h5-6H,4H2,1-2H3,(H2,12,13,14). The Labute approximate surface area is 97.1 Å². The van der Waals surface area contributed by atoms with Gasteiger partial charge in [-0.25, -0.2) is 9.97 Å². The number of aromatic nitrogens is 2. The molecule has 6 heteroatoms. The maximum atomic E-state index is 8.71. The van der Waals surface area contributed by atoms with Gasteiger partial charge in [0.05, 0.1) is 12.0 Å². The molecular weight excluding hydrogens is 258 g/mol. The summed E-state index contributed by atoms with van der Waals surface area (Å²) < 4.78 is 0.664. The molecule has 5 nitrogen and oxygen atoms in total. The third-order valence-electron chi connectivity index (χ3n) is 1.93. The molecule has 0 aromatic carbocycles. The number of nitrogens with zero attached hydrogens (tertiary/aromatic N) is 4. The fourth-order valence-electron chi connectivity index (χ4n) is 1.18. The van der Waals surface area contributed by atoms with Crippen LogP contribution in [0, 0.1) is 17.2 Å². The maximum Gasteiger partial charge on any atom is 0.148 e. The lowest BCUT2D eigenvalue weighted by molar-refractivity contribution is 0.708. The molecule has 80 valence electrons. The molecule has 1 unspecified atom stereocenters. The Hall–Kier alpha value is -1.35. The molecule has 1 heterocycles. The van der Waals surface area contributed by atoms with E-state index in [2.05, 4.69) is 32.0 Å². The number of halogens is 1. The van der Waals surface area contributed by atoms with E-state index in [-0.39, 0.29) is 5.92 Å². The number of hydrogen-bond donors (Lipinski definition) is 1. The zero-order chi connectivity index (χ0) is 11.4. The zero-order valence-corrected chi connectivity index (χ0v) is 10.2. The number of hydrogen-bond acceptors (Lipinski definition) is 5. The molecule has 15 heavy (non-hydrogen) atoms. The molecule has 0 bridgehead atoms. The Kier molecular flexibility index (Phi) is 3.86. The molecule has 0 saturated carbocycles. The first-order valence-corrected chi connectivity index (χ1v) is 5.22. The predicted octanol–water partition coefficient (Wildman–Crippen LogP) is 1.42. The number of nitrogens with two attached hydrogens (primary N) is 1. The van der Waals surface area contributed by atoms with Crippen LogP contribution in [0.3, 0.4) is 0 Å². The van der Waals surface area contributed by atoms with Crippen molar-refractivity contribution in [3.8, 4) is 6.07 Å². The van der Waals surface area contributed by atoms with Crippen LogP contribution in [0.5, 0.6) is 0 Å². The van der Waals surface area contributed by atoms with Crippen molar-refractivity contribution in [2.45, 2.75) is 6.92 Å². The van der Waals surface area contributed by atoms with Gasteiger partial charge in [0.1, 0.15) is 22.4 Å². The summed E-state index contributed by atoms with van der Waals surface area (Å²) in [7, 11) is 1.86. The molecule has 2 N–H and O–H groups in total. The van der Waals surface area contributed by atoms with Crippen LogP contribution in [0.2, 0.25) is 0 Å². The largest absolute Gasteiger partial charge is 0.383 e. The molecule has 0 saturated heterocycles. The van der Waals surface area contributed by atoms with Crippen molar-refractivity contribution in [1.29, 1.82) is 5.26 Å². The predicted molar refractivity (Wildman–Crippen MR) is 62.2 cm³/mol. The monoisotopic (exact) mass is 269 g/mol. The highest BCUT2D eigenvalue weighted by molar-refractivity contribution is 9.10. The third kappa shape index (κ3) is 2.80. The Morgan fingerprint density at radius 2 is 2.33 bits per heavy atom. The summed E-state index contributed by atoms with van der Waals surface area (Å²) in [5, 5.41) is 8.71. The van der Waals surface area contributed by atoms with Crippen LogP contribution in [0.1, 0.15) is 6.92 Å². The van der Waals surface area contributed by atoms with Crippen LogP contribution in [0.4, 0.5) is 11.6 Å². The second-order valence-electron chi connectivity index (χ2n) is 3.31. The quantitative estimate of drug-likeness (QED) is 0.898. The first kappa shape index (κ1) is 11.7. The summed E-state index contributed by atoms with van der Waals surface area (Å²) in [4.78, 5) is 9.83. The van der Waals surface area contributed by atoms with Gasteiger partial charge >= 0.3 is 0 Å². The summed E-state index contributed by atoms with van der Waals surface area (Å²) >= 11 is 3.32. The number of rotatable bonds is 3. The topological polar surface area (TPSA) is 78.8 Å². The zero-order valence-electron chi connectivity index (χ0n) is 8.61. The van der Waals surface area contributed by atoms with E-state index < -0.39 is 0 Å². The molecular formula is C9H12BrN5. The second kappa shape index (κ2) is 4.94. The Bertz CT molecular complexity index is 387. The highest BCUT2D eigenvalue weighted by Crippen LogP contribution is 2.26. The summed E-state index contributed by atoms with van der Waals surface area (Å²) in [5.74, 6) is 1.04. The smallest absolute Gasteiger partial charge is 0.148 e. The van der Waals surface area contributed by atoms with Gasteiger partial charge in [-0.2, -0.15) is 5.26 Å². The normalized spacial score (nSPS) is 11.9. The van der Waals surface area contributed by atoms with Crippen molar-refractivity contribution >= 4 is 27.6 Å². The molecule has 1 aromatic rings. The van der Waals surface area contributed by atoms with E-state index in [1.807, 2.05) is 18.9 Å². The van der Waals surface area contributed by atoms with Crippen LogP contribution in [-0.4, -0.2) is 23.6 Å². The first-order chi connectivity index (χ1) is 7.06. The molecule has 0 fully saturated rings. The van der Waals surface area contributed by atoms with Crippen molar-refractivity contribution in [2.24, 2.45) is 5.92 Å². The first-order valence-electron chi connectivity index (χ1n) is 4.43. The van der Waals surface area contributed by atoms with E-state index in [4.69, 9.17) is 11.0 Å². The highest BCUT2D eigenvalue weighted by Gasteiger charge is 2.12. The SMILES string of the molecule is CC(C#N)CN(C)c1ncnc(N)c1Br. The molecule has 1 atom stereocenters. The number of anilines is 2. The summed E-state index contributed by atoms with van der Waals surface area (Å²) in [5.41, 5.74) is 5.63. The minimum absolute atomic E-state index is 0.0573. The fourth-order valence-corrected chi connectivity index (χ4v) is 1.69. The lowest BCUT2D eigenvalue weighted by Crippen LogP contribution is -2.24. The Balaban J connectivity index is 2.87. The minimum atomic E-state index is -0.0573. The minimum Gasteiger partial charge on any atom is -0.383 e. The third-order valence-corrected chi connectivity index (χ3v) is 2.69. The fraction of sp³-hybridized carbons (Fsp3) is 0.444. The van der Waals surface area contributed by atoms with Crippen LogP contribution in [0.15, 0.2) is 10.8 Å². The van der Waals surface area contributed by atoms with E-state index >= 15 is 0 Å². The van der Waals surface area contributed by atoms with Gasteiger partial charge in [-0.05, 0) is 22.9 Å². The average Bonchev–Trinajstić information content (AvgIpc) is 2.21. The molecule has 1 rings (SSSR count). The number of nitriles is 1. The van der Waals surface area contributed by atoms with E-state index in [1.54, 1.807) is 0 Å². The van der Waals surface area contributed by atoms with Crippen molar-refractivity contribution in [3.63, 3.8) is 0 Å². The molecule has 1 aromatic heterocycles. The van der Waals surface area contributed by atoms with Crippen LogP contribution < -0.4 is 10.6 Å². The lowest BCUT2D eigenvalue weighted by atomic mass is 10.2. The lowest BCUT2D eigenvalue weighted by Gasteiger charge is -2.20. The van der Waals surface area contributed by atoms with E-state index in [0.717, 1.165) is 0 Å². The van der Waals surface area contributed by atoms with Crippen molar-refractivity contribution in [2.75, 3.05) is 24.2 Å². The summed E-state index contributed by atoms with van der Waals surface area (Å²) in [6.07, 6.45) is 1.41. The molecule has 0 radical (unpaired) electrons. The maximum absolute atomic E-state index is 8.71. The van der Waals surface area contributed by atoms with Gasteiger partial charge < -0.3 is 10.6 Å². The Morgan fingerprint density at radius 1 is 1.67 bits per heavy atom. The van der Waals surface area contributed by atoms with Gasteiger partial charge in [-0.3, -0.25) is 0 Å². The van der Waals surface area contributed by atoms with Gasteiger partial charge in [0.15, 0.2) is 0 Å². The highest BCUT2D eigenvalue weighted by atomic mass is 79.9. The van der Waals surface area contributed by atoms with E-state index in [1.165, 1.54) is 6.33 Å². The van der Waals surface area contributed by atoms with E-state index in [9.17, 15) is 0 Å². The summed E-state index contributed by atoms with van der Waals surface area (Å²) in [6, 6.07) is 2.17. The van der Waals surface area contributed by atoms with Crippen LogP contribution in [0.25, 0.3) is 0 Å². The van der Waals surface area contributed by atoms with Crippen molar-refractivity contribution in [3.05, 3.63) is 10.8 Å². The van der Waals surface area contributed by atoms with E-state index in [0.29, 0.717) is 22.7 Å². The molecule has 0 spiro atoms. The Morgan fingerprint density at radius 3 is 2.93 bits per heavy atom. The van der Waals surface area contributed by atoms with Gasteiger partial charge in [0.2, 0.25) is 0 Å². The molecule has 0 aliphatic heterocycles. The van der Waals surface area contributed by atoms with Crippen LogP contribution in [-0.2, 0) is 0 Å². The number of nitrogen functional groups attached to an aromatic ring is 1.